The number of ketones is 1. The summed E-state index contributed by atoms with van der Waals surface area (Å²) in [6.45, 7) is 2.21. The average Bonchev–Trinajstić information content (AvgIpc) is 2.49. The van der Waals surface area contributed by atoms with Crippen LogP contribution < -0.4 is 9.47 Å². The molecule has 0 aliphatic carbocycles. The summed E-state index contributed by atoms with van der Waals surface area (Å²) in [5, 5.41) is 0. The highest BCUT2D eigenvalue weighted by molar-refractivity contribution is 5.96. The molecule has 0 bridgehead atoms. The first-order chi connectivity index (χ1) is 9.72. The first-order valence-electron chi connectivity index (χ1n) is 7.48. The molecule has 0 amide bonds. The largest absolute Gasteiger partial charge is 0.493 e. The number of ether oxygens (including phenoxy) is 2. The Balaban J connectivity index is 2.43. The van der Waals surface area contributed by atoms with E-state index in [1.54, 1.807) is 32.4 Å². The zero-order valence-electron chi connectivity index (χ0n) is 12.9. The molecular formula is C17H26O3. The fraction of sp³-hybridized carbons (Fsp3) is 0.588. The van der Waals surface area contributed by atoms with Gasteiger partial charge in [-0.15, -0.1) is 0 Å². The summed E-state index contributed by atoms with van der Waals surface area (Å²) in [6, 6.07) is 5.35. The van der Waals surface area contributed by atoms with Crippen LogP contribution in [0.15, 0.2) is 18.2 Å². The van der Waals surface area contributed by atoms with Crippen molar-refractivity contribution in [1.29, 1.82) is 0 Å². The van der Waals surface area contributed by atoms with E-state index in [0.717, 1.165) is 12.8 Å². The third-order valence-electron chi connectivity index (χ3n) is 3.46. The summed E-state index contributed by atoms with van der Waals surface area (Å²) in [5.41, 5.74) is 0.705. The molecule has 1 aromatic rings. The Morgan fingerprint density at radius 1 is 0.950 bits per heavy atom. The molecule has 0 aliphatic heterocycles. The van der Waals surface area contributed by atoms with Crippen molar-refractivity contribution in [2.24, 2.45) is 0 Å². The van der Waals surface area contributed by atoms with Gasteiger partial charge < -0.3 is 9.47 Å². The maximum atomic E-state index is 12.1. The van der Waals surface area contributed by atoms with Gasteiger partial charge in [0, 0.05) is 12.0 Å². The van der Waals surface area contributed by atoms with Crippen LogP contribution in [-0.4, -0.2) is 20.0 Å². The maximum absolute atomic E-state index is 12.1. The molecule has 0 unspecified atom stereocenters. The molecule has 0 saturated carbocycles. The van der Waals surface area contributed by atoms with Gasteiger partial charge in [0.15, 0.2) is 17.3 Å². The minimum atomic E-state index is 0.182. The molecule has 0 saturated heterocycles. The summed E-state index contributed by atoms with van der Waals surface area (Å²) in [7, 11) is 3.18. The lowest BCUT2D eigenvalue weighted by Crippen LogP contribution is -2.00. The molecule has 0 heterocycles. The Bertz CT molecular complexity index is 413. The first-order valence-corrected chi connectivity index (χ1v) is 7.48. The molecule has 0 spiro atoms. The average molecular weight is 278 g/mol. The number of hydrogen-bond acceptors (Lipinski definition) is 3. The van der Waals surface area contributed by atoms with Crippen LogP contribution in [0.1, 0.15) is 62.2 Å². The summed E-state index contributed by atoms with van der Waals surface area (Å²) >= 11 is 0. The lowest BCUT2D eigenvalue weighted by atomic mass is 10.0. The van der Waals surface area contributed by atoms with Crippen LogP contribution in [0.3, 0.4) is 0 Å². The highest BCUT2D eigenvalue weighted by Crippen LogP contribution is 2.28. The van der Waals surface area contributed by atoms with Crippen molar-refractivity contribution in [2.45, 2.75) is 51.9 Å². The number of benzene rings is 1. The van der Waals surface area contributed by atoms with Crippen LogP contribution in [0.25, 0.3) is 0 Å². The van der Waals surface area contributed by atoms with Gasteiger partial charge >= 0.3 is 0 Å². The van der Waals surface area contributed by atoms with E-state index in [1.165, 1.54) is 25.7 Å². The fourth-order valence-corrected chi connectivity index (χ4v) is 2.22. The van der Waals surface area contributed by atoms with Gasteiger partial charge in [0.2, 0.25) is 0 Å². The smallest absolute Gasteiger partial charge is 0.163 e. The zero-order valence-corrected chi connectivity index (χ0v) is 12.9. The molecule has 3 nitrogen and oxygen atoms in total. The molecule has 0 aromatic heterocycles. The van der Waals surface area contributed by atoms with E-state index < -0.39 is 0 Å². The predicted octanol–water partition coefficient (Wildman–Crippen LogP) is 4.64. The lowest BCUT2D eigenvalue weighted by molar-refractivity contribution is 0.0978. The number of Topliss-reactive ketones (excluding diaryl/α,β-unsaturated/α-hetero) is 1. The highest BCUT2D eigenvalue weighted by Gasteiger charge is 2.10. The summed E-state index contributed by atoms with van der Waals surface area (Å²) < 4.78 is 10.4. The maximum Gasteiger partial charge on any atom is 0.163 e. The Hall–Kier alpha value is -1.51. The minimum absolute atomic E-state index is 0.182. The van der Waals surface area contributed by atoms with E-state index in [0.29, 0.717) is 23.5 Å². The predicted molar refractivity (Wildman–Crippen MR) is 81.9 cm³/mol. The van der Waals surface area contributed by atoms with Crippen molar-refractivity contribution < 1.29 is 14.3 Å². The van der Waals surface area contributed by atoms with Gasteiger partial charge in [-0.1, -0.05) is 39.0 Å². The van der Waals surface area contributed by atoms with Crippen molar-refractivity contribution in [3.05, 3.63) is 23.8 Å². The molecule has 0 aliphatic rings. The van der Waals surface area contributed by atoms with E-state index in [4.69, 9.17) is 9.47 Å². The van der Waals surface area contributed by atoms with Crippen LogP contribution in [0.2, 0.25) is 0 Å². The topological polar surface area (TPSA) is 35.5 Å². The van der Waals surface area contributed by atoms with E-state index in [-0.39, 0.29) is 5.78 Å². The molecule has 3 heteroatoms. The number of methoxy groups -OCH3 is 2. The molecular weight excluding hydrogens is 252 g/mol. The molecule has 0 fully saturated rings. The summed E-state index contributed by atoms with van der Waals surface area (Å²) in [5.74, 6) is 1.45. The summed E-state index contributed by atoms with van der Waals surface area (Å²) in [4.78, 5) is 12.1. The fourth-order valence-electron chi connectivity index (χ4n) is 2.22. The normalized spacial score (nSPS) is 10.3. The van der Waals surface area contributed by atoms with Crippen molar-refractivity contribution in [2.75, 3.05) is 14.2 Å². The number of carbonyl (C=O) groups is 1. The van der Waals surface area contributed by atoms with E-state index in [1.807, 2.05) is 0 Å². The van der Waals surface area contributed by atoms with E-state index in [9.17, 15) is 4.79 Å². The summed E-state index contributed by atoms with van der Waals surface area (Å²) in [6.07, 6.45) is 7.78. The first kappa shape index (κ1) is 16.5. The van der Waals surface area contributed by atoms with Gasteiger partial charge in [-0.2, -0.15) is 0 Å². The monoisotopic (exact) mass is 278 g/mol. The second kappa shape index (κ2) is 9.40. The molecule has 0 N–H and O–H groups in total. The van der Waals surface area contributed by atoms with Crippen LogP contribution in [0.4, 0.5) is 0 Å². The number of rotatable bonds is 10. The standard InChI is InChI=1S/C17H26O3/c1-4-5-6-7-8-9-10-15(18)14-11-12-16(19-2)17(13-14)20-3/h11-13H,4-10H2,1-3H3. The Kier molecular flexibility index (Phi) is 7.78. The SMILES string of the molecule is CCCCCCCCC(=O)c1ccc(OC)c(OC)c1. The van der Waals surface area contributed by atoms with Gasteiger partial charge in [0.05, 0.1) is 14.2 Å². The second-order valence-electron chi connectivity index (χ2n) is 5.01. The minimum Gasteiger partial charge on any atom is -0.493 e. The number of carbonyl (C=O) groups excluding carboxylic acids is 1. The Morgan fingerprint density at radius 2 is 1.60 bits per heavy atom. The zero-order chi connectivity index (χ0) is 14.8. The van der Waals surface area contributed by atoms with Crippen molar-refractivity contribution in [1.82, 2.24) is 0 Å². The number of hydrogen-bond donors (Lipinski definition) is 0. The van der Waals surface area contributed by atoms with Crippen LogP contribution in [0, 0.1) is 0 Å². The molecule has 1 aromatic carbocycles. The number of unbranched alkanes of at least 4 members (excludes halogenated alkanes) is 5. The van der Waals surface area contributed by atoms with E-state index >= 15 is 0 Å². The van der Waals surface area contributed by atoms with Crippen molar-refractivity contribution in [3.8, 4) is 11.5 Å². The molecule has 0 radical (unpaired) electrons. The van der Waals surface area contributed by atoms with Gasteiger partial charge in [-0.3, -0.25) is 4.79 Å². The second-order valence-corrected chi connectivity index (χ2v) is 5.01. The van der Waals surface area contributed by atoms with Gasteiger partial charge in [-0.05, 0) is 24.6 Å². The molecule has 1 rings (SSSR count). The van der Waals surface area contributed by atoms with Gasteiger partial charge in [0.25, 0.3) is 0 Å². The highest BCUT2D eigenvalue weighted by atomic mass is 16.5. The van der Waals surface area contributed by atoms with E-state index in [2.05, 4.69) is 6.92 Å². The quantitative estimate of drug-likeness (QED) is 0.462. The van der Waals surface area contributed by atoms with Crippen molar-refractivity contribution >= 4 is 5.78 Å². The van der Waals surface area contributed by atoms with Crippen molar-refractivity contribution in [3.63, 3.8) is 0 Å². The Morgan fingerprint density at radius 3 is 2.25 bits per heavy atom. The molecule has 0 atom stereocenters. The van der Waals surface area contributed by atoms with Crippen LogP contribution in [-0.2, 0) is 0 Å². The Labute approximate surface area is 122 Å². The molecule has 20 heavy (non-hydrogen) atoms. The van der Waals surface area contributed by atoms with Crippen LogP contribution >= 0.6 is 0 Å². The van der Waals surface area contributed by atoms with Gasteiger partial charge in [-0.25, -0.2) is 0 Å². The third-order valence-corrected chi connectivity index (χ3v) is 3.46. The third kappa shape index (κ3) is 5.24. The molecule has 112 valence electrons. The van der Waals surface area contributed by atoms with Gasteiger partial charge in [0.1, 0.15) is 0 Å². The lowest BCUT2D eigenvalue weighted by Gasteiger charge is -2.09. The van der Waals surface area contributed by atoms with Crippen LogP contribution in [0.5, 0.6) is 11.5 Å².